The van der Waals surface area contributed by atoms with Crippen LogP contribution in [0.2, 0.25) is 0 Å². The van der Waals surface area contributed by atoms with Crippen LogP contribution in [-0.2, 0) is 12.8 Å². The Balaban J connectivity index is 1.77. The largest absolute Gasteiger partial charge is 0.493 e. The van der Waals surface area contributed by atoms with Gasteiger partial charge in [-0.2, -0.15) is 0 Å². The van der Waals surface area contributed by atoms with Crippen molar-refractivity contribution in [2.24, 2.45) is 0 Å². The van der Waals surface area contributed by atoms with Crippen LogP contribution < -0.4 is 10.1 Å². The molecule has 1 aromatic carbocycles. The van der Waals surface area contributed by atoms with Gasteiger partial charge in [-0.15, -0.1) is 0 Å². The quantitative estimate of drug-likeness (QED) is 0.829. The van der Waals surface area contributed by atoms with Gasteiger partial charge in [0.2, 0.25) is 0 Å². The number of benzene rings is 1. The molecule has 1 heterocycles. The predicted octanol–water partition coefficient (Wildman–Crippen LogP) is 1.70. The number of hydrogen-bond donors (Lipinski definition) is 1. The summed E-state index contributed by atoms with van der Waals surface area (Å²) < 4.78 is 5.52. The molecule has 3 heteroatoms. The van der Waals surface area contributed by atoms with E-state index in [-0.39, 0.29) is 0 Å². The molecule has 0 fully saturated rings. The molecular formula is C15H24N2O. The van der Waals surface area contributed by atoms with E-state index in [1.54, 1.807) is 0 Å². The average molecular weight is 248 g/mol. The summed E-state index contributed by atoms with van der Waals surface area (Å²) in [7, 11) is 4.22. The van der Waals surface area contributed by atoms with Gasteiger partial charge in [0.25, 0.3) is 0 Å². The number of nitrogens with zero attached hydrogens (tertiary/aromatic N) is 1. The van der Waals surface area contributed by atoms with Gasteiger partial charge in [-0.05, 0) is 51.2 Å². The molecule has 0 aromatic heterocycles. The normalized spacial score (nSPS) is 15.6. The first kappa shape index (κ1) is 13.4. The van der Waals surface area contributed by atoms with Crippen molar-refractivity contribution in [1.29, 1.82) is 0 Å². The molecule has 100 valence electrons. The molecule has 0 bridgehead atoms. The average Bonchev–Trinajstić information content (AvgIpc) is 2.75. The summed E-state index contributed by atoms with van der Waals surface area (Å²) in [6, 6.07) is 7.13. The first-order valence-electron chi connectivity index (χ1n) is 6.78. The van der Waals surface area contributed by atoms with Crippen LogP contribution in [0, 0.1) is 0 Å². The van der Waals surface area contributed by atoms with Crippen LogP contribution in [0.25, 0.3) is 0 Å². The SMILES string of the molecule is CC(CN(C)C)NCCc1ccc2c(c1)CCO2. The van der Waals surface area contributed by atoms with Crippen molar-refractivity contribution in [3.63, 3.8) is 0 Å². The molecule has 0 spiro atoms. The van der Waals surface area contributed by atoms with E-state index in [0.717, 1.165) is 38.3 Å². The van der Waals surface area contributed by atoms with E-state index in [0.29, 0.717) is 6.04 Å². The lowest BCUT2D eigenvalue weighted by molar-refractivity contribution is 0.351. The summed E-state index contributed by atoms with van der Waals surface area (Å²) in [5.74, 6) is 1.08. The van der Waals surface area contributed by atoms with Crippen molar-refractivity contribution >= 4 is 0 Å². The van der Waals surface area contributed by atoms with Gasteiger partial charge in [-0.1, -0.05) is 12.1 Å². The fraction of sp³-hybridized carbons (Fsp3) is 0.600. The van der Waals surface area contributed by atoms with Crippen LogP contribution in [0.1, 0.15) is 18.1 Å². The zero-order valence-electron chi connectivity index (χ0n) is 11.7. The molecule has 1 aromatic rings. The third kappa shape index (κ3) is 3.72. The summed E-state index contributed by atoms with van der Waals surface area (Å²) in [5, 5.41) is 3.56. The molecule has 3 nitrogen and oxygen atoms in total. The first-order chi connectivity index (χ1) is 8.65. The summed E-state index contributed by atoms with van der Waals surface area (Å²) in [6.07, 6.45) is 2.15. The number of ether oxygens (including phenoxy) is 1. The van der Waals surface area contributed by atoms with E-state index in [4.69, 9.17) is 4.74 Å². The number of nitrogens with one attached hydrogen (secondary N) is 1. The van der Waals surface area contributed by atoms with Gasteiger partial charge in [-0.3, -0.25) is 0 Å². The maximum Gasteiger partial charge on any atom is 0.122 e. The van der Waals surface area contributed by atoms with Gasteiger partial charge in [0.05, 0.1) is 6.61 Å². The van der Waals surface area contributed by atoms with Crippen molar-refractivity contribution in [2.45, 2.75) is 25.8 Å². The lowest BCUT2D eigenvalue weighted by atomic mass is 10.1. The van der Waals surface area contributed by atoms with Crippen LogP contribution >= 0.6 is 0 Å². The number of likely N-dealkylation sites (N-methyl/N-ethyl adjacent to an activating group) is 1. The zero-order chi connectivity index (χ0) is 13.0. The van der Waals surface area contributed by atoms with Gasteiger partial charge >= 0.3 is 0 Å². The van der Waals surface area contributed by atoms with E-state index in [1.165, 1.54) is 11.1 Å². The third-order valence-electron chi connectivity index (χ3n) is 3.30. The first-order valence-corrected chi connectivity index (χ1v) is 6.78. The second-order valence-electron chi connectivity index (χ2n) is 5.41. The van der Waals surface area contributed by atoms with Crippen molar-refractivity contribution in [1.82, 2.24) is 10.2 Å². The maximum absolute atomic E-state index is 5.52. The highest BCUT2D eigenvalue weighted by Gasteiger charge is 2.11. The Labute approximate surface area is 110 Å². The number of fused-ring (bicyclic) bond motifs is 1. The van der Waals surface area contributed by atoms with Gasteiger partial charge in [0.15, 0.2) is 0 Å². The topological polar surface area (TPSA) is 24.5 Å². The molecule has 2 rings (SSSR count). The van der Waals surface area contributed by atoms with Crippen LogP contribution in [0.4, 0.5) is 0 Å². The summed E-state index contributed by atoms with van der Waals surface area (Å²) >= 11 is 0. The van der Waals surface area contributed by atoms with Gasteiger partial charge in [-0.25, -0.2) is 0 Å². The molecule has 18 heavy (non-hydrogen) atoms. The van der Waals surface area contributed by atoms with Crippen molar-refractivity contribution in [2.75, 3.05) is 33.8 Å². The van der Waals surface area contributed by atoms with Crippen LogP contribution in [0.5, 0.6) is 5.75 Å². The second kappa shape index (κ2) is 6.21. The second-order valence-corrected chi connectivity index (χ2v) is 5.41. The van der Waals surface area contributed by atoms with E-state index in [2.05, 4.69) is 49.4 Å². The Bertz CT molecular complexity index is 390. The van der Waals surface area contributed by atoms with Crippen molar-refractivity contribution in [3.05, 3.63) is 29.3 Å². The van der Waals surface area contributed by atoms with Gasteiger partial charge < -0.3 is 15.0 Å². The molecule has 1 aliphatic heterocycles. The predicted molar refractivity (Wildman–Crippen MR) is 75.4 cm³/mol. The minimum Gasteiger partial charge on any atom is -0.493 e. The number of hydrogen-bond acceptors (Lipinski definition) is 3. The Morgan fingerprint density at radius 3 is 3.00 bits per heavy atom. The van der Waals surface area contributed by atoms with E-state index in [1.807, 2.05) is 0 Å². The smallest absolute Gasteiger partial charge is 0.122 e. The molecule has 0 saturated heterocycles. The summed E-state index contributed by atoms with van der Waals surface area (Å²) in [4.78, 5) is 2.21. The molecule has 0 amide bonds. The Kier molecular flexibility index (Phi) is 4.61. The molecule has 1 N–H and O–H groups in total. The molecular weight excluding hydrogens is 224 g/mol. The monoisotopic (exact) mass is 248 g/mol. The highest BCUT2D eigenvalue weighted by Crippen LogP contribution is 2.25. The van der Waals surface area contributed by atoms with Crippen LogP contribution in [-0.4, -0.2) is 44.7 Å². The van der Waals surface area contributed by atoms with Gasteiger partial charge in [0.1, 0.15) is 5.75 Å². The van der Waals surface area contributed by atoms with Crippen molar-refractivity contribution < 1.29 is 4.74 Å². The Morgan fingerprint density at radius 1 is 1.39 bits per heavy atom. The molecule has 1 atom stereocenters. The van der Waals surface area contributed by atoms with Crippen LogP contribution in [0.3, 0.4) is 0 Å². The summed E-state index contributed by atoms with van der Waals surface area (Å²) in [6.45, 7) is 5.19. The summed E-state index contributed by atoms with van der Waals surface area (Å²) in [5.41, 5.74) is 2.78. The highest BCUT2D eigenvalue weighted by molar-refractivity contribution is 5.39. The minimum atomic E-state index is 0.540. The highest BCUT2D eigenvalue weighted by atomic mass is 16.5. The van der Waals surface area contributed by atoms with E-state index in [9.17, 15) is 0 Å². The minimum absolute atomic E-state index is 0.540. The fourth-order valence-electron chi connectivity index (χ4n) is 2.47. The molecule has 0 aliphatic carbocycles. The molecule has 0 radical (unpaired) electrons. The number of rotatable bonds is 6. The molecule has 1 unspecified atom stereocenters. The van der Waals surface area contributed by atoms with E-state index >= 15 is 0 Å². The van der Waals surface area contributed by atoms with Crippen molar-refractivity contribution in [3.8, 4) is 5.75 Å². The Morgan fingerprint density at radius 2 is 2.22 bits per heavy atom. The molecule has 1 aliphatic rings. The van der Waals surface area contributed by atoms with Gasteiger partial charge in [0, 0.05) is 19.0 Å². The zero-order valence-corrected chi connectivity index (χ0v) is 11.7. The van der Waals surface area contributed by atoms with Crippen LogP contribution in [0.15, 0.2) is 18.2 Å². The fourth-order valence-corrected chi connectivity index (χ4v) is 2.47. The standard InChI is InChI=1S/C15H24N2O/c1-12(11-17(2)3)16-8-6-13-4-5-15-14(10-13)7-9-18-15/h4-5,10,12,16H,6-9,11H2,1-3H3. The molecule has 0 saturated carbocycles. The lowest BCUT2D eigenvalue weighted by Gasteiger charge is -2.18. The Hall–Kier alpha value is -1.06. The van der Waals surface area contributed by atoms with E-state index < -0.39 is 0 Å². The lowest BCUT2D eigenvalue weighted by Crippen LogP contribution is -2.36. The maximum atomic E-state index is 5.52. The third-order valence-corrected chi connectivity index (χ3v) is 3.30.